The molecule has 0 spiro atoms. The van der Waals surface area contributed by atoms with E-state index in [0.717, 1.165) is 35.1 Å². The Morgan fingerprint density at radius 3 is 2.38 bits per heavy atom. The molecule has 0 atom stereocenters. The number of rotatable bonds is 5. The zero-order chi connectivity index (χ0) is 30.6. The van der Waals surface area contributed by atoms with Gasteiger partial charge in [-0.05, 0) is 37.1 Å². The molecule has 0 saturated carbocycles. The van der Waals surface area contributed by atoms with Crippen molar-refractivity contribution in [3.05, 3.63) is 107 Å². The number of fused-ring (bicyclic) bond motifs is 1. The van der Waals surface area contributed by atoms with E-state index in [0.29, 0.717) is 28.7 Å². The lowest BCUT2D eigenvalue weighted by molar-refractivity contribution is -0.106. The van der Waals surface area contributed by atoms with Crippen LogP contribution in [0.1, 0.15) is 29.6 Å². The maximum atomic E-state index is 13.4. The van der Waals surface area contributed by atoms with Gasteiger partial charge < -0.3 is 21.4 Å². The number of nitrogens with one attached hydrogen (secondary N) is 1. The van der Waals surface area contributed by atoms with Crippen LogP contribution in [0.5, 0.6) is 0 Å². The van der Waals surface area contributed by atoms with Crippen molar-refractivity contribution in [3.63, 3.8) is 0 Å². The van der Waals surface area contributed by atoms with Crippen molar-refractivity contribution < 1.29 is 4.79 Å². The van der Waals surface area contributed by atoms with Crippen LogP contribution in [0.2, 0.25) is 0 Å². The second-order valence-corrected chi connectivity index (χ2v) is 8.99. The maximum absolute atomic E-state index is 13.4. The number of imidazole rings is 1. The minimum Gasteiger partial charge on any atom is -0.382 e. The number of carbonyl (C=O) groups excluding carboxylic acids is 1. The summed E-state index contributed by atoms with van der Waals surface area (Å²) in [5.41, 5.74) is 13.6. The summed E-state index contributed by atoms with van der Waals surface area (Å²) in [5, 5.41) is 7.75. The number of benzene rings is 2. The lowest BCUT2D eigenvalue weighted by Gasteiger charge is -2.13. The third kappa shape index (κ3) is 7.11. The van der Waals surface area contributed by atoms with Gasteiger partial charge >= 0.3 is 0 Å². The molecule has 42 heavy (non-hydrogen) atoms. The Morgan fingerprint density at radius 2 is 1.81 bits per heavy atom. The molecular weight excluding hydrogens is 530 g/mol. The number of nitrogens with two attached hydrogens (primary N) is 2. The van der Waals surface area contributed by atoms with Gasteiger partial charge in [0.2, 0.25) is 6.41 Å². The van der Waals surface area contributed by atoms with Crippen molar-refractivity contribution in [3.8, 4) is 17.5 Å². The van der Waals surface area contributed by atoms with Crippen molar-refractivity contribution in [2.45, 2.75) is 20.3 Å². The number of aromatic nitrogens is 6. The molecule has 3 heterocycles. The number of aryl methyl sites for hydroxylation is 3. The lowest BCUT2D eigenvalue weighted by Crippen LogP contribution is -2.24. The van der Waals surface area contributed by atoms with E-state index in [1.54, 1.807) is 27.8 Å². The van der Waals surface area contributed by atoms with Gasteiger partial charge in [-0.1, -0.05) is 43.2 Å². The third-order valence-corrected chi connectivity index (χ3v) is 6.17. The average Bonchev–Trinajstić information content (AvgIpc) is 3.51. The SMILES string of the molecule is C=CCNc1c(C)c(N)nn1C.CCc1nc2cccc(C#Cc3cncn3C)c2c(=O)n1-c1ccccc1.NC=O. The second-order valence-electron chi connectivity index (χ2n) is 8.99. The van der Waals surface area contributed by atoms with Gasteiger partial charge in [0.05, 0.1) is 29.1 Å². The Hall–Kier alpha value is -5.63. The van der Waals surface area contributed by atoms with Gasteiger partial charge in [-0.3, -0.25) is 18.8 Å². The number of primary amides is 1. The molecule has 0 saturated heterocycles. The first-order valence-corrected chi connectivity index (χ1v) is 13.1. The van der Waals surface area contributed by atoms with E-state index in [1.165, 1.54) is 0 Å². The molecule has 0 unspecified atom stereocenters. The van der Waals surface area contributed by atoms with Crippen LogP contribution in [-0.2, 0) is 25.3 Å². The number of anilines is 2. The topological polar surface area (TPSA) is 152 Å². The molecule has 216 valence electrons. The van der Waals surface area contributed by atoms with Crippen LogP contribution >= 0.6 is 0 Å². The van der Waals surface area contributed by atoms with Crippen LogP contribution in [0.25, 0.3) is 16.6 Å². The minimum atomic E-state index is -0.0991. The fourth-order valence-corrected chi connectivity index (χ4v) is 4.14. The van der Waals surface area contributed by atoms with Crippen LogP contribution in [-0.4, -0.2) is 41.8 Å². The molecule has 0 aliphatic carbocycles. The van der Waals surface area contributed by atoms with Gasteiger partial charge in [0.1, 0.15) is 17.3 Å². The average molecular weight is 566 g/mol. The molecule has 5 aromatic rings. The summed E-state index contributed by atoms with van der Waals surface area (Å²) in [5.74, 6) is 8.47. The normalized spacial score (nSPS) is 9.90. The summed E-state index contributed by atoms with van der Waals surface area (Å²) in [4.78, 5) is 30.8. The standard InChI is InChI=1S/C22H18N4O.C8H14N4.CH3NO/c1-3-20-24-19-11-7-8-16(12-13-18-14-23-15-25(18)2)21(19)22(27)26(20)17-9-5-4-6-10-17;1-4-5-10-8-6(2)7(9)11-12(8)3;2-1-3/h4-11,14-15H,3H2,1-2H3;4,10H,1,5H2,2-3H3,(H2,9,11);1H,(H2,2,3). The molecule has 0 fully saturated rings. The fraction of sp³-hybridized carbons (Fsp3) is 0.194. The lowest BCUT2D eigenvalue weighted by atomic mass is 10.1. The van der Waals surface area contributed by atoms with Gasteiger partial charge in [0, 0.05) is 38.2 Å². The van der Waals surface area contributed by atoms with E-state index in [2.05, 4.69) is 39.6 Å². The van der Waals surface area contributed by atoms with Crippen LogP contribution in [0.4, 0.5) is 11.6 Å². The summed E-state index contributed by atoms with van der Waals surface area (Å²) in [7, 11) is 3.74. The fourth-order valence-electron chi connectivity index (χ4n) is 4.14. The number of nitrogens with zero attached hydrogens (tertiary/aromatic N) is 6. The number of carbonyl (C=O) groups is 1. The Labute approximate surface area is 244 Å². The predicted molar refractivity (Wildman–Crippen MR) is 167 cm³/mol. The molecule has 5 N–H and O–H groups in total. The Morgan fingerprint density at radius 1 is 1.10 bits per heavy atom. The van der Waals surface area contributed by atoms with E-state index < -0.39 is 0 Å². The van der Waals surface area contributed by atoms with E-state index in [1.807, 2.05) is 81.0 Å². The first kappa shape index (κ1) is 30.9. The van der Waals surface area contributed by atoms with Gasteiger partial charge in [-0.15, -0.1) is 6.58 Å². The van der Waals surface area contributed by atoms with Crippen molar-refractivity contribution in [2.75, 3.05) is 17.6 Å². The van der Waals surface area contributed by atoms with Gasteiger partial charge in [-0.2, -0.15) is 5.10 Å². The zero-order valence-electron chi connectivity index (χ0n) is 24.2. The zero-order valence-corrected chi connectivity index (χ0v) is 24.2. The first-order valence-electron chi connectivity index (χ1n) is 13.1. The Bertz CT molecular complexity index is 1790. The van der Waals surface area contributed by atoms with Gasteiger partial charge in [0.15, 0.2) is 5.82 Å². The highest BCUT2D eigenvalue weighted by molar-refractivity contribution is 5.84. The molecule has 2 aromatic carbocycles. The molecule has 0 radical (unpaired) electrons. The van der Waals surface area contributed by atoms with Crippen LogP contribution in [0.15, 0.2) is 78.5 Å². The summed E-state index contributed by atoms with van der Waals surface area (Å²) >= 11 is 0. The van der Waals surface area contributed by atoms with Crippen molar-refractivity contribution >= 4 is 28.9 Å². The Balaban J connectivity index is 0.000000270. The molecule has 0 aliphatic rings. The number of amides is 1. The molecule has 1 amide bonds. The monoisotopic (exact) mass is 565 g/mol. The summed E-state index contributed by atoms with van der Waals surface area (Å²) in [6.45, 7) is 8.28. The summed E-state index contributed by atoms with van der Waals surface area (Å²) in [6, 6.07) is 15.2. The van der Waals surface area contributed by atoms with E-state index in [4.69, 9.17) is 15.5 Å². The third-order valence-electron chi connectivity index (χ3n) is 6.17. The van der Waals surface area contributed by atoms with Crippen molar-refractivity contribution in [1.29, 1.82) is 0 Å². The van der Waals surface area contributed by atoms with Crippen LogP contribution in [0.3, 0.4) is 0 Å². The van der Waals surface area contributed by atoms with Gasteiger partial charge in [-0.25, -0.2) is 9.97 Å². The minimum absolute atomic E-state index is 0.0991. The summed E-state index contributed by atoms with van der Waals surface area (Å²) < 4.78 is 5.25. The second kappa shape index (κ2) is 14.7. The van der Waals surface area contributed by atoms with Crippen LogP contribution in [0, 0.1) is 18.8 Å². The molecule has 3 aromatic heterocycles. The maximum Gasteiger partial charge on any atom is 0.267 e. The number of hydrogen-bond donors (Lipinski definition) is 3. The molecule has 0 aliphatic heterocycles. The quantitative estimate of drug-likeness (QED) is 0.168. The number of nitrogen functional groups attached to an aromatic ring is 1. The highest BCUT2D eigenvalue weighted by Crippen LogP contribution is 2.19. The van der Waals surface area contributed by atoms with E-state index in [-0.39, 0.29) is 12.0 Å². The van der Waals surface area contributed by atoms with Gasteiger partial charge in [0.25, 0.3) is 5.56 Å². The van der Waals surface area contributed by atoms with Crippen LogP contribution < -0.4 is 22.3 Å². The predicted octanol–water partition coefficient (Wildman–Crippen LogP) is 3.09. The highest BCUT2D eigenvalue weighted by atomic mass is 16.1. The van der Waals surface area contributed by atoms with Crippen molar-refractivity contribution in [2.24, 2.45) is 19.8 Å². The smallest absolute Gasteiger partial charge is 0.267 e. The molecule has 0 bridgehead atoms. The molecule has 11 heteroatoms. The highest BCUT2D eigenvalue weighted by Gasteiger charge is 2.14. The molecule has 11 nitrogen and oxygen atoms in total. The summed E-state index contributed by atoms with van der Waals surface area (Å²) in [6.07, 6.45) is 6.10. The first-order chi connectivity index (χ1) is 20.3. The van der Waals surface area contributed by atoms with Crippen molar-refractivity contribution in [1.82, 2.24) is 28.9 Å². The Kier molecular flexibility index (Phi) is 10.8. The molecular formula is C31H35N9O2. The van der Waals surface area contributed by atoms with E-state index in [9.17, 15) is 4.79 Å². The van der Waals surface area contributed by atoms with E-state index >= 15 is 0 Å². The number of hydrogen-bond acceptors (Lipinski definition) is 7. The molecule has 5 rings (SSSR count). The largest absolute Gasteiger partial charge is 0.382 e. The number of para-hydroxylation sites is 1.